The Bertz CT molecular complexity index is 897. The van der Waals surface area contributed by atoms with Crippen molar-refractivity contribution in [2.45, 2.75) is 33.2 Å². The second-order valence-electron chi connectivity index (χ2n) is 6.49. The number of carbonyl (C=O) groups is 2. The van der Waals surface area contributed by atoms with E-state index in [9.17, 15) is 19.1 Å². The average molecular weight is 358 g/mol. The Balaban J connectivity index is 1.91. The highest BCUT2D eigenvalue weighted by molar-refractivity contribution is 6.14. The number of amides is 1. The lowest BCUT2D eigenvalue weighted by Crippen LogP contribution is -2.34. The molecule has 0 saturated heterocycles. The number of benzene rings is 1. The van der Waals surface area contributed by atoms with Crippen LogP contribution >= 0.6 is 0 Å². The summed E-state index contributed by atoms with van der Waals surface area (Å²) in [5.74, 6) is -1.38. The van der Waals surface area contributed by atoms with Crippen LogP contribution in [0.5, 0.6) is 0 Å². The Labute approximate surface area is 149 Å². The normalized spacial score (nSPS) is 14.7. The number of oxazole rings is 1. The molecular formula is C19H19FN2O4. The maximum absolute atomic E-state index is 13.1. The van der Waals surface area contributed by atoms with Crippen LogP contribution in [0.3, 0.4) is 0 Å². The van der Waals surface area contributed by atoms with Gasteiger partial charge in [0.05, 0.1) is 12.1 Å². The van der Waals surface area contributed by atoms with Crippen LogP contribution in [0.1, 0.15) is 41.6 Å². The van der Waals surface area contributed by atoms with E-state index in [1.165, 1.54) is 17.0 Å². The number of hydrogen-bond acceptors (Lipinski definition) is 5. The van der Waals surface area contributed by atoms with Gasteiger partial charge in [-0.1, -0.05) is 12.1 Å². The van der Waals surface area contributed by atoms with E-state index in [1.54, 1.807) is 32.9 Å². The Hall–Kier alpha value is -2.96. The molecule has 136 valence electrons. The van der Waals surface area contributed by atoms with Crippen molar-refractivity contribution in [3.8, 4) is 0 Å². The fourth-order valence-electron chi connectivity index (χ4n) is 2.88. The molecule has 0 radical (unpaired) electrons. The lowest BCUT2D eigenvalue weighted by atomic mass is 10.0. The van der Waals surface area contributed by atoms with Gasteiger partial charge < -0.3 is 14.4 Å². The standard InChI is InChI=1S/C19H19FN2O4/c1-10(2)22-9-14(18(24)19(22)25)17(23)16-15(26-11(3)21-16)8-12-4-6-13(20)7-5-12/h4-7,10,24H,8-9H2,1-3H3. The van der Waals surface area contributed by atoms with Crippen LogP contribution < -0.4 is 0 Å². The van der Waals surface area contributed by atoms with Crippen LogP contribution in [0.2, 0.25) is 0 Å². The molecule has 2 heterocycles. The Morgan fingerprint density at radius 1 is 1.35 bits per heavy atom. The van der Waals surface area contributed by atoms with Crippen molar-refractivity contribution < 1.29 is 23.5 Å². The van der Waals surface area contributed by atoms with E-state index in [2.05, 4.69) is 4.98 Å². The second kappa shape index (κ2) is 6.74. The van der Waals surface area contributed by atoms with Gasteiger partial charge in [-0.2, -0.15) is 0 Å². The molecule has 3 rings (SSSR count). The number of ketones is 1. The third kappa shape index (κ3) is 3.24. The lowest BCUT2D eigenvalue weighted by molar-refractivity contribution is -0.129. The summed E-state index contributed by atoms with van der Waals surface area (Å²) in [6, 6.07) is 5.69. The number of aryl methyl sites for hydroxylation is 1. The maximum atomic E-state index is 13.1. The van der Waals surface area contributed by atoms with Crippen molar-refractivity contribution in [2.24, 2.45) is 0 Å². The van der Waals surface area contributed by atoms with E-state index in [0.29, 0.717) is 11.7 Å². The molecule has 1 amide bonds. The number of carbonyl (C=O) groups excluding carboxylic acids is 2. The van der Waals surface area contributed by atoms with Gasteiger partial charge in [0, 0.05) is 19.4 Å². The lowest BCUT2D eigenvalue weighted by Gasteiger charge is -2.20. The van der Waals surface area contributed by atoms with Crippen LogP contribution in [-0.2, 0) is 11.2 Å². The van der Waals surface area contributed by atoms with Gasteiger partial charge in [-0.25, -0.2) is 9.37 Å². The first-order valence-electron chi connectivity index (χ1n) is 8.26. The van der Waals surface area contributed by atoms with Crippen molar-refractivity contribution in [3.05, 3.63) is 64.3 Å². The molecule has 0 unspecified atom stereocenters. The molecule has 1 aromatic carbocycles. The Morgan fingerprint density at radius 3 is 2.58 bits per heavy atom. The molecule has 1 N–H and O–H groups in total. The number of Topliss-reactive ketones (excluding diaryl/α,β-unsaturated/α-hetero) is 1. The number of aliphatic hydroxyl groups is 1. The summed E-state index contributed by atoms with van der Waals surface area (Å²) in [6.45, 7) is 5.25. The van der Waals surface area contributed by atoms with Crippen molar-refractivity contribution >= 4 is 11.7 Å². The summed E-state index contributed by atoms with van der Waals surface area (Å²) < 4.78 is 18.6. The van der Waals surface area contributed by atoms with Crippen molar-refractivity contribution in [3.63, 3.8) is 0 Å². The number of hydrogen-bond donors (Lipinski definition) is 1. The summed E-state index contributed by atoms with van der Waals surface area (Å²) in [7, 11) is 0. The Morgan fingerprint density at radius 2 is 2.00 bits per heavy atom. The van der Waals surface area contributed by atoms with Crippen LogP contribution in [0.25, 0.3) is 0 Å². The zero-order chi connectivity index (χ0) is 19.0. The largest absolute Gasteiger partial charge is 0.503 e. The van der Waals surface area contributed by atoms with Crippen LogP contribution in [0, 0.1) is 12.7 Å². The van der Waals surface area contributed by atoms with E-state index in [0.717, 1.165) is 5.56 Å². The number of aromatic nitrogens is 1. The quantitative estimate of drug-likeness (QED) is 0.831. The average Bonchev–Trinajstić information content (AvgIpc) is 3.10. The summed E-state index contributed by atoms with van der Waals surface area (Å²) in [4.78, 5) is 30.5. The highest BCUT2D eigenvalue weighted by Crippen LogP contribution is 2.25. The van der Waals surface area contributed by atoms with E-state index in [-0.39, 0.29) is 36.1 Å². The first-order valence-corrected chi connectivity index (χ1v) is 8.26. The summed E-state index contributed by atoms with van der Waals surface area (Å²) >= 11 is 0. The summed E-state index contributed by atoms with van der Waals surface area (Å²) in [5, 5.41) is 10.1. The molecule has 6 nitrogen and oxygen atoms in total. The number of aliphatic hydroxyl groups excluding tert-OH is 1. The molecular weight excluding hydrogens is 339 g/mol. The molecule has 0 spiro atoms. The predicted octanol–water partition coefficient (Wildman–Crippen LogP) is 2.96. The fourth-order valence-corrected chi connectivity index (χ4v) is 2.88. The van der Waals surface area contributed by atoms with Gasteiger partial charge >= 0.3 is 0 Å². The topological polar surface area (TPSA) is 83.6 Å². The highest BCUT2D eigenvalue weighted by Gasteiger charge is 2.37. The zero-order valence-electron chi connectivity index (χ0n) is 14.7. The fraction of sp³-hybridized carbons (Fsp3) is 0.316. The van der Waals surface area contributed by atoms with Gasteiger partial charge in [-0.05, 0) is 31.5 Å². The first-order chi connectivity index (χ1) is 12.3. The molecule has 1 aliphatic heterocycles. The maximum Gasteiger partial charge on any atom is 0.289 e. The molecule has 0 saturated carbocycles. The minimum absolute atomic E-state index is 0.0114. The minimum atomic E-state index is -0.566. The smallest absolute Gasteiger partial charge is 0.289 e. The number of rotatable bonds is 5. The molecule has 0 fully saturated rings. The number of nitrogens with zero attached hydrogens (tertiary/aromatic N) is 2. The third-order valence-electron chi connectivity index (χ3n) is 4.27. The molecule has 1 aromatic heterocycles. The SMILES string of the molecule is Cc1nc(C(=O)C2=C(O)C(=O)N(C(C)C)C2)c(Cc2ccc(F)cc2)o1. The van der Waals surface area contributed by atoms with Crippen LogP contribution in [-0.4, -0.2) is 39.3 Å². The van der Waals surface area contributed by atoms with E-state index in [1.807, 2.05) is 0 Å². The molecule has 2 aromatic rings. The van der Waals surface area contributed by atoms with Gasteiger partial charge in [0.1, 0.15) is 11.6 Å². The molecule has 1 aliphatic rings. The van der Waals surface area contributed by atoms with E-state index >= 15 is 0 Å². The molecule has 7 heteroatoms. The van der Waals surface area contributed by atoms with Crippen molar-refractivity contribution in [1.82, 2.24) is 9.88 Å². The molecule has 0 bridgehead atoms. The molecule has 0 aliphatic carbocycles. The predicted molar refractivity (Wildman–Crippen MR) is 91.3 cm³/mol. The second-order valence-corrected chi connectivity index (χ2v) is 6.49. The van der Waals surface area contributed by atoms with Crippen LogP contribution in [0.15, 0.2) is 40.0 Å². The van der Waals surface area contributed by atoms with E-state index < -0.39 is 17.4 Å². The van der Waals surface area contributed by atoms with Crippen molar-refractivity contribution in [2.75, 3.05) is 6.54 Å². The van der Waals surface area contributed by atoms with Gasteiger partial charge in [0.25, 0.3) is 5.91 Å². The van der Waals surface area contributed by atoms with Crippen molar-refractivity contribution in [1.29, 1.82) is 0 Å². The zero-order valence-corrected chi connectivity index (χ0v) is 14.7. The minimum Gasteiger partial charge on any atom is -0.503 e. The number of halogens is 1. The van der Waals surface area contributed by atoms with Crippen LogP contribution in [0.4, 0.5) is 4.39 Å². The van der Waals surface area contributed by atoms with Gasteiger partial charge in [-0.3, -0.25) is 9.59 Å². The monoisotopic (exact) mass is 358 g/mol. The van der Waals surface area contributed by atoms with Gasteiger partial charge in [0.15, 0.2) is 17.3 Å². The third-order valence-corrected chi connectivity index (χ3v) is 4.27. The molecule has 0 atom stereocenters. The Kier molecular flexibility index (Phi) is 4.63. The highest BCUT2D eigenvalue weighted by atomic mass is 19.1. The molecule has 26 heavy (non-hydrogen) atoms. The van der Waals surface area contributed by atoms with E-state index in [4.69, 9.17) is 4.42 Å². The van der Waals surface area contributed by atoms with Gasteiger partial charge in [-0.15, -0.1) is 0 Å². The summed E-state index contributed by atoms with van der Waals surface area (Å²) in [5.41, 5.74) is 0.824. The first kappa shape index (κ1) is 17.8. The summed E-state index contributed by atoms with van der Waals surface area (Å²) in [6.07, 6.45) is 0.248. The van der Waals surface area contributed by atoms with Gasteiger partial charge in [0.2, 0.25) is 5.78 Å².